The Morgan fingerprint density at radius 1 is 1.28 bits per heavy atom. The van der Waals surface area contributed by atoms with E-state index in [1.165, 1.54) is 0 Å². The molecule has 0 saturated carbocycles. The highest BCUT2D eigenvalue weighted by Gasteiger charge is 2.16. The summed E-state index contributed by atoms with van der Waals surface area (Å²) in [7, 11) is 0. The van der Waals surface area contributed by atoms with Crippen molar-refractivity contribution in [1.29, 1.82) is 0 Å². The Labute approximate surface area is 110 Å². The molecule has 1 aromatic carbocycles. The van der Waals surface area contributed by atoms with Crippen molar-refractivity contribution in [1.82, 2.24) is 5.32 Å². The van der Waals surface area contributed by atoms with Gasteiger partial charge in [0.25, 0.3) is 0 Å². The molecule has 0 aromatic heterocycles. The standard InChI is InChI=1S/C15H25NO2/c1-5-10-15(3,4)16-11-12-8-7-9-13(14(12)17)18-6-2/h7-9,16-17H,5-6,10-11H2,1-4H3. The molecule has 0 unspecified atom stereocenters. The lowest BCUT2D eigenvalue weighted by molar-refractivity contribution is 0.313. The minimum absolute atomic E-state index is 0.0861. The maximum absolute atomic E-state index is 10.1. The smallest absolute Gasteiger partial charge is 0.162 e. The SMILES string of the molecule is CCCC(C)(C)NCc1cccc(OCC)c1O. The minimum atomic E-state index is 0.0861. The predicted octanol–water partition coefficient (Wildman–Crippen LogP) is 3.46. The molecule has 0 saturated heterocycles. The van der Waals surface area contributed by atoms with E-state index in [0.29, 0.717) is 18.9 Å². The Morgan fingerprint density at radius 2 is 2.00 bits per heavy atom. The molecule has 0 atom stereocenters. The van der Waals surface area contributed by atoms with E-state index in [4.69, 9.17) is 4.74 Å². The number of aromatic hydroxyl groups is 1. The number of nitrogens with one attached hydrogen (secondary N) is 1. The van der Waals surface area contributed by atoms with E-state index in [2.05, 4.69) is 26.1 Å². The number of benzene rings is 1. The van der Waals surface area contributed by atoms with Crippen LogP contribution in [0.5, 0.6) is 11.5 Å². The molecular weight excluding hydrogens is 226 g/mol. The first-order chi connectivity index (χ1) is 8.50. The molecule has 102 valence electrons. The number of hydrogen-bond acceptors (Lipinski definition) is 3. The van der Waals surface area contributed by atoms with E-state index in [1.807, 2.05) is 19.1 Å². The Kier molecular flexibility index (Phi) is 5.48. The highest BCUT2D eigenvalue weighted by atomic mass is 16.5. The monoisotopic (exact) mass is 251 g/mol. The molecular formula is C15H25NO2. The second kappa shape index (κ2) is 6.64. The number of para-hydroxylation sites is 1. The molecule has 3 heteroatoms. The topological polar surface area (TPSA) is 41.5 Å². The summed E-state index contributed by atoms with van der Waals surface area (Å²) < 4.78 is 5.38. The van der Waals surface area contributed by atoms with Gasteiger partial charge in [0.2, 0.25) is 0 Å². The van der Waals surface area contributed by atoms with Gasteiger partial charge in [-0.25, -0.2) is 0 Å². The van der Waals surface area contributed by atoms with Crippen molar-refractivity contribution in [3.05, 3.63) is 23.8 Å². The summed E-state index contributed by atoms with van der Waals surface area (Å²) in [5, 5.41) is 13.6. The zero-order chi connectivity index (χ0) is 13.6. The lowest BCUT2D eigenvalue weighted by Crippen LogP contribution is -2.38. The number of phenols is 1. The largest absolute Gasteiger partial charge is 0.504 e. The van der Waals surface area contributed by atoms with Gasteiger partial charge in [0.15, 0.2) is 11.5 Å². The molecule has 2 N–H and O–H groups in total. The normalized spacial score (nSPS) is 11.6. The molecule has 0 radical (unpaired) electrons. The lowest BCUT2D eigenvalue weighted by Gasteiger charge is -2.26. The van der Waals surface area contributed by atoms with Gasteiger partial charge in [-0.05, 0) is 33.3 Å². The van der Waals surface area contributed by atoms with Gasteiger partial charge in [-0.3, -0.25) is 0 Å². The Bertz CT molecular complexity index is 375. The van der Waals surface area contributed by atoms with Crippen LogP contribution in [0.15, 0.2) is 18.2 Å². The summed E-state index contributed by atoms with van der Waals surface area (Å²) in [6.45, 7) is 9.66. The molecule has 0 heterocycles. The van der Waals surface area contributed by atoms with Crippen LogP contribution >= 0.6 is 0 Å². The maximum Gasteiger partial charge on any atom is 0.162 e. The highest BCUT2D eigenvalue weighted by Crippen LogP contribution is 2.30. The number of ether oxygens (including phenoxy) is 1. The van der Waals surface area contributed by atoms with Crippen molar-refractivity contribution in [2.24, 2.45) is 0 Å². The van der Waals surface area contributed by atoms with E-state index in [1.54, 1.807) is 6.07 Å². The number of rotatable bonds is 7. The second-order valence-electron chi connectivity index (χ2n) is 5.18. The van der Waals surface area contributed by atoms with Gasteiger partial charge in [0, 0.05) is 17.6 Å². The lowest BCUT2D eigenvalue weighted by atomic mass is 9.98. The molecule has 3 nitrogen and oxygen atoms in total. The fraction of sp³-hybridized carbons (Fsp3) is 0.600. The third-order valence-electron chi connectivity index (χ3n) is 3.01. The van der Waals surface area contributed by atoms with Crippen molar-refractivity contribution in [2.45, 2.75) is 52.6 Å². The first kappa shape index (κ1) is 14.8. The van der Waals surface area contributed by atoms with Crippen molar-refractivity contribution in [2.75, 3.05) is 6.61 Å². The first-order valence-corrected chi connectivity index (χ1v) is 6.69. The average molecular weight is 251 g/mol. The molecule has 0 bridgehead atoms. The van der Waals surface area contributed by atoms with Crippen LogP contribution in [0.25, 0.3) is 0 Å². The van der Waals surface area contributed by atoms with E-state index < -0.39 is 0 Å². The molecule has 1 aromatic rings. The van der Waals surface area contributed by atoms with Crippen LogP contribution in [0.4, 0.5) is 0 Å². The van der Waals surface area contributed by atoms with Crippen molar-refractivity contribution < 1.29 is 9.84 Å². The maximum atomic E-state index is 10.1. The van der Waals surface area contributed by atoms with Gasteiger partial charge < -0.3 is 15.2 Å². The van der Waals surface area contributed by atoms with Crippen LogP contribution in [0, 0.1) is 0 Å². The van der Waals surface area contributed by atoms with Crippen molar-refractivity contribution in [3.8, 4) is 11.5 Å². The Morgan fingerprint density at radius 3 is 2.61 bits per heavy atom. The van der Waals surface area contributed by atoms with Gasteiger partial charge >= 0.3 is 0 Å². The molecule has 0 amide bonds. The summed E-state index contributed by atoms with van der Waals surface area (Å²) in [5.74, 6) is 0.809. The van der Waals surface area contributed by atoms with Gasteiger partial charge in [-0.15, -0.1) is 0 Å². The molecule has 1 rings (SSSR count). The fourth-order valence-electron chi connectivity index (χ4n) is 2.03. The molecule has 0 aliphatic rings. The fourth-order valence-corrected chi connectivity index (χ4v) is 2.03. The highest BCUT2D eigenvalue weighted by molar-refractivity contribution is 5.45. The first-order valence-electron chi connectivity index (χ1n) is 6.69. The molecule has 0 fully saturated rings. The van der Waals surface area contributed by atoms with E-state index >= 15 is 0 Å². The average Bonchev–Trinajstić information content (AvgIpc) is 2.30. The predicted molar refractivity (Wildman–Crippen MR) is 75.1 cm³/mol. The van der Waals surface area contributed by atoms with Crippen LogP contribution in [0.1, 0.15) is 46.1 Å². The number of phenolic OH excluding ortho intramolecular Hbond substituents is 1. The van der Waals surface area contributed by atoms with Crippen LogP contribution in [-0.4, -0.2) is 17.3 Å². The van der Waals surface area contributed by atoms with Gasteiger partial charge in [0.1, 0.15) is 0 Å². The summed E-state index contributed by atoms with van der Waals surface area (Å²) >= 11 is 0. The van der Waals surface area contributed by atoms with E-state index in [0.717, 1.165) is 18.4 Å². The minimum Gasteiger partial charge on any atom is -0.504 e. The van der Waals surface area contributed by atoms with Gasteiger partial charge in [0.05, 0.1) is 6.61 Å². The second-order valence-corrected chi connectivity index (χ2v) is 5.18. The van der Waals surface area contributed by atoms with E-state index in [-0.39, 0.29) is 11.3 Å². The van der Waals surface area contributed by atoms with Crippen LogP contribution in [0.2, 0.25) is 0 Å². The zero-order valence-electron chi connectivity index (χ0n) is 11.9. The molecule has 0 aliphatic carbocycles. The Hall–Kier alpha value is -1.22. The van der Waals surface area contributed by atoms with Gasteiger partial charge in [-0.1, -0.05) is 25.5 Å². The third-order valence-corrected chi connectivity index (χ3v) is 3.01. The molecule has 0 spiro atoms. The van der Waals surface area contributed by atoms with Crippen molar-refractivity contribution in [3.63, 3.8) is 0 Å². The van der Waals surface area contributed by atoms with E-state index in [9.17, 15) is 5.11 Å². The van der Waals surface area contributed by atoms with Crippen LogP contribution in [-0.2, 0) is 6.54 Å². The third kappa shape index (κ3) is 4.22. The Balaban J connectivity index is 2.70. The molecule has 18 heavy (non-hydrogen) atoms. The quantitative estimate of drug-likeness (QED) is 0.779. The number of hydrogen-bond donors (Lipinski definition) is 2. The zero-order valence-corrected chi connectivity index (χ0v) is 11.9. The van der Waals surface area contributed by atoms with Crippen LogP contribution < -0.4 is 10.1 Å². The van der Waals surface area contributed by atoms with Gasteiger partial charge in [-0.2, -0.15) is 0 Å². The summed E-state index contributed by atoms with van der Waals surface area (Å²) in [5.41, 5.74) is 0.966. The summed E-state index contributed by atoms with van der Waals surface area (Å²) in [6.07, 6.45) is 2.25. The summed E-state index contributed by atoms with van der Waals surface area (Å²) in [6, 6.07) is 5.63. The van der Waals surface area contributed by atoms with Crippen molar-refractivity contribution >= 4 is 0 Å². The summed E-state index contributed by atoms with van der Waals surface area (Å²) in [4.78, 5) is 0. The van der Waals surface area contributed by atoms with Crippen LogP contribution in [0.3, 0.4) is 0 Å². The molecule has 0 aliphatic heterocycles.